The lowest BCUT2D eigenvalue weighted by Gasteiger charge is -2.35. The first-order chi connectivity index (χ1) is 13.9. The third-order valence-electron chi connectivity index (χ3n) is 5.21. The molecule has 0 bridgehead atoms. The average molecular weight is 401 g/mol. The van der Waals surface area contributed by atoms with Crippen LogP contribution < -0.4 is 10.1 Å². The van der Waals surface area contributed by atoms with Crippen molar-refractivity contribution < 1.29 is 19.0 Å². The summed E-state index contributed by atoms with van der Waals surface area (Å²) in [6.45, 7) is 5.90. The summed E-state index contributed by atoms with van der Waals surface area (Å²) in [4.78, 5) is 28.9. The van der Waals surface area contributed by atoms with Gasteiger partial charge in [-0.15, -0.1) is 0 Å². The van der Waals surface area contributed by atoms with Crippen molar-refractivity contribution in [1.29, 1.82) is 0 Å². The van der Waals surface area contributed by atoms with E-state index in [-0.39, 0.29) is 18.2 Å². The Morgan fingerprint density at radius 2 is 2.17 bits per heavy atom. The molecule has 9 heteroatoms. The predicted molar refractivity (Wildman–Crippen MR) is 105 cm³/mol. The molecule has 9 nitrogen and oxygen atoms in total. The summed E-state index contributed by atoms with van der Waals surface area (Å²) in [5.74, 6) is 0.573. The van der Waals surface area contributed by atoms with E-state index in [1.165, 1.54) is 0 Å². The van der Waals surface area contributed by atoms with Gasteiger partial charge in [0.15, 0.2) is 0 Å². The van der Waals surface area contributed by atoms with Gasteiger partial charge in [-0.3, -0.25) is 14.5 Å². The van der Waals surface area contributed by atoms with Crippen molar-refractivity contribution in [3.8, 4) is 5.75 Å². The fraction of sp³-hybridized carbons (Fsp3) is 0.500. The van der Waals surface area contributed by atoms with E-state index < -0.39 is 6.04 Å². The molecule has 1 aromatic carbocycles. The molecule has 0 aliphatic carbocycles. The zero-order valence-electron chi connectivity index (χ0n) is 17.3. The van der Waals surface area contributed by atoms with Crippen molar-refractivity contribution in [2.75, 3.05) is 27.2 Å². The van der Waals surface area contributed by atoms with Gasteiger partial charge in [0, 0.05) is 26.7 Å². The maximum Gasteiger partial charge on any atom is 0.237 e. The zero-order valence-corrected chi connectivity index (χ0v) is 17.3. The second kappa shape index (κ2) is 9.04. The van der Waals surface area contributed by atoms with Crippen molar-refractivity contribution >= 4 is 11.8 Å². The minimum Gasteiger partial charge on any atom is -0.496 e. The summed E-state index contributed by atoms with van der Waals surface area (Å²) < 4.78 is 10.00. The first kappa shape index (κ1) is 20.8. The van der Waals surface area contributed by atoms with E-state index in [0.29, 0.717) is 37.6 Å². The second-order valence-corrected chi connectivity index (χ2v) is 7.33. The third kappa shape index (κ3) is 4.92. The molecule has 2 aromatic rings. The number of ether oxygens (including phenoxy) is 1. The fourth-order valence-electron chi connectivity index (χ4n) is 3.47. The van der Waals surface area contributed by atoms with E-state index in [0.717, 1.165) is 16.9 Å². The van der Waals surface area contributed by atoms with Crippen LogP contribution in [0.4, 0.5) is 0 Å². The van der Waals surface area contributed by atoms with E-state index in [9.17, 15) is 9.59 Å². The monoisotopic (exact) mass is 401 g/mol. The van der Waals surface area contributed by atoms with Crippen LogP contribution in [0, 0.1) is 13.8 Å². The number of piperazine rings is 1. The Morgan fingerprint density at radius 3 is 2.83 bits per heavy atom. The maximum atomic E-state index is 12.8. The van der Waals surface area contributed by atoms with Crippen LogP contribution in [0.5, 0.6) is 5.75 Å². The number of aryl methyl sites for hydroxylation is 2. The molecule has 1 atom stereocenters. The van der Waals surface area contributed by atoms with Crippen LogP contribution in [-0.2, 0) is 22.7 Å². The van der Waals surface area contributed by atoms with Gasteiger partial charge in [-0.05, 0) is 31.0 Å². The van der Waals surface area contributed by atoms with Crippen molar-refractivity contribution in [2.45, 2.75) is 39.4 Å². The SMILES string of the molecule is COc1ccc(CN2CCNC(=O)C2CC(=O)N(C)Cc2nonc2C)cc1C. The molecule has 156 valence electrons. The van der Waals surface area contributed by atoms with Crippen LogP contribution in [0.25, 0.3) is 0 Å². The number of rotatable bonds is 7. The Kier molecular flexibility index (Phi) is 6.48. The number of carbonyl (C=O) groups excluding carboxylic acids is 2. The molecule has 0 radical (unpaired) electrons. The Labute approximate surface area is 170 Å². The number of methoxy groups -OCH3 is 1. The Morgan fingerprint density at radius 1 is 1.38 bits per heavy atom. The molecular formula is C20H27N5O4. The zero-order chi connectivity index (χ0) is 21.0. The van der Waals surface area contributed by atoms with Crippen LogP contribution in [0.3, 0.4) is 0 Å². The molecule has 0 saturated carbocycles. The maximum absolute atomic E-state index is 12.8. The standard InChI is InChI=1S/C20H27N5O4/c1-13-9-15(5-6-18(13)28-4)11-25-8-7-21-20(27)17(25)10-19(26)24(3)12-16-14(2)22-29-23-16/h5-6,9,17H,7-8,10-12H2,1-4H3,(H,21,27). The molecule has 1 aromatic heterocycles. The van der Waals surface area contributed by atoms with Crippen LogP contribution in [0.2, 0.25) is 0 Å². The second-order valence-electron chi connectivity index (χ2n) is 7.33. The minimum absolute atomic E-state index is 0.0990. The first-order valence-corrected chi connectivity index (χ1v) is 9.56. The van der Waals surface area contributed by atoms with E-state index >= 15 is 0 Å². The lowest BCUT2D eigenvalue weighted by atomic mass is 10.0. The van der Waals surface area contributed by atoms with Gasteiger partial charge in [-0.2, -0.15) is 0 Å². The molecule has 0 spiro atoms. The molecular weight excluding hydrogens is 374 g/mol. The van der Waals surface area contributed by atoms with Crippen LogP contribution >= 0.6 is 0 Å². The van der Waals surface area contributed by atoms with E-state index in [1.54, 1.807) is 26.0 Å². The summed E-state index contributed by atoms with van der Waals surface area (Å²) in [5.41, 5.74) is 3.37. The van der Waals surface area contributed by atoms with Gasteiger partial charge in [0.25, 0.3) is 0 Å². The topological polar surface area (TPSA) is 101 Å². The van der Waals surface area contributed by atoms with Gasteiger partial charge >= 0.3 is 0 Å². The smallest absolute Gasteiger partial charge is 0.237 e. The molecule has 1 fully saturated rings. The molecule has 1 unspecified atom stereocenters. The van der Waals surface area contributed by atoms with Crippen LogP contribution in [-0.4, -0.2) is 65.2 Å². The largest absolute Gasteiger partial charge is 0.496 e. The fourth-order valence-corrected chi connectivity index (χ4v) is 3.47. The molecule has 1 aliphatic rings. The summed E-state index contributed by atoms with van der Waals surface area (Å²) in [7, 11) is 3.33. The highest BCUT2D eigenvalue weighted by Gasteiger charge is 2.32. The lowest BCUT2D eigenvalue weighted by molar-refractivity contribution is -0.138. The molecule has 1 N–H and O–H groups in total. The lowest BCUT2D eigenvalue weighted by Crippen LogP contribution is -2.56. The first-order valence-electron chi connectivity index (χ1n) is 9.56. The number of aromatic nitrogens is 2. The molecule has 1 saturated heterocycles. The average Bonchev–Trinajstić information content (AvgIpc) is 3.09. The highest BCUT2D eigenvalue weighted by molar-refractivity contribution is 5.88. The van der Waals surface area contributed by atoms with E-state index in [1.807, 2.05) is 19.1 Å². The van der Waals surface area contributed by atoms with Crippen molar-refractivity contribution in [1.82, 2.24) is 25.4 Å². The highest BCUT2D eigenvalue weighted by atomic mass is 16.6. The molecule has 1 aliphatic heterocycles. The van der Waals surface area contributed by atoms with Crippen molar-refractivity contribution in [3.63, 3.8) is 0 Å². The normalized spacial score (nSPS) is 17.1. The van der Waals surface area contributed by atoms with Gasteiger partial charge < -0.3 is 15.0 Å². The molecule has 29 heavy (non-hydrogen) atoms. The number of carbonyl (C=O) groups is 2. The Hall–Kier alpha value is -2.94. The third-order valence-corrected chi connectivity index (χ3v) is 5.21. The predicted octanol–water partition coefficient (Wildman–Crippen LogP) is 1.04. The van der Waals surface area contributed by atoms with E-state index in [4.69, 9.17) is 4.74 Å². The highest BCUT2D eigenvalue weighted by Crippen LogP contribution is 2.21. The summed E-state index contributed by atoms with van der Waals surface area (Å²) in [5, 5.41) is 10.4. The molecule has 2 amide bonds. The van der Waals surface area contributed by atoms with Crippen molar-refractivity contribution in [2.24, 2.45) is 0 Å². The number of nitrogens with zero attached hydrogens (tertiary/aromatic N) is 4. The van der Waals surface area contributed by atoms with Crippen molar-refractivity contribution in [3.05, 3.63) is 40.7 Å². The quantitative estimate of drug-likeness (QED) is 0.740. The van der Waals surface area contributed by atoms with Gasteiger partial charge in [0.2, 0.25) is 11.8 Å². The van der Waals surface area contributed by atoms with Crippen LogP contribution in [0.1, 0.15) is 28.9 Å². The van der Waals surface area contributed by atoms with Gasteiger partial charge in [-0.25, -0.2) is 4.63 Å². The summed E-state index contributed by atoms with van der Waals surface area (Å²) >= 11 is 0. The summed E-state index contributed by atoms with van der Waals surface area (Å²) in [6, 6.07) is 5.45. The number of amides is 2. The number of nitrogens with one attached hydrogen (secondary N) is 1. The Balaban J connectivity index is 1.67. The van der Waals surface area contributed by atoms with Crippen LogP contribution in [0.15, 0.2) is 22.8 Å². The minimum atomic E-state index is -0.516. The summed E-state index contributed by atoms with van der Waals surface area (Å²) in [6.07, 6.45) is 0.0990. The van der Waals surface area contributed by atoms with E-state index in [2.05, 4.69) is 31.2 Å². The Bertz CT molecular complexity index is 882. The number of hydrogen-bond donors (Lipinski definition) is 1. The number of benzene rings is 1. The molecule has 2 heterocycles. The molecule has 3 rings (SSSR count). The van der Waals surface area contributed by atoms with Gasteiger partial charge in [0.05, 0.1) is 26.1 Å². The number of hydrogen-bond acceptors (Lipinski definition) is 7. The van der Waals surface area contributed by atoms with Gasteiger partial charge in [0.1, 0.15) is 17.1 Å². The van der Waals surface area contributed by atoms with Gasteiger partial charge in [-0.1, -0.05) is 22.4 Å².